The van der Waals surface area contributed by atoms with Gasteiger partial charge in [0.2, 0.25) is 17.7 Å². The second-order valence-corrected chi connectivity index (χ2v) is 7.74. The smallest absolute Gasteiger partial charge is 0.244 e. The summed E-state index contributed by atoms with van der Waals surface area (Å²) >= 11 is 13.1. The van der Waals surface area contributed by atoms with Crippen molar-refractivity contribution >= 4 is 64.1 Å². The second-order valence-electron chi connectivity index (χ2n) is 5.94. The summed E-state index contributed by atoms with van der Waals surface area (Å²) in [5.41, 5.74) is 0.754. The highest BCUT2D eigenvalue weighted by Crippen LogP contribution is 2.29. The van der Waals surface area contributed by atoms with Gasteiger partial charge < -0.3 is 15.5 Å². The SMILES string of the molecule is CN(CC(=O)Nc1c(Cl)cccc1Cl)C(=O)CSCC(=O)Nc1ccc(F)cc1. The summed E-state index contributed by atoms with van der Waals surface area (Å²) in [4.78, 5) is 37.4. The van der Waals surface area contributed by atoms with Crippen molar-refractivity contribution in [2.45, 2.75) is 0 Å². The molecule has 0 aliphatic rings. The summed E-state index contributed by atoms with van der Waals surface area (Å²) in [6.07, 6.45) is 0. The van der Waals surface area contributed by atoms with Gasteiger partial charge in [0.15, 0.2) is 0 Å². The maximum absolute atomic E-state index is 12.8. The Balaban J connectivity index is 1.73. The maximum atomic E-state index is 12.8. The van der Waals surface area contributed by atoms with E-state index in [9.17, 15) is 18.8 Å². The van der Waals surface area contributed by atoms with Crippen LogP contribution in [-0.2, 0) is 14.4 Å². The lowest BCUT2D eigenvalue weighted by atomic mass is 10.3. The number of hydrogen-bond donors (Lipinski definition) is 2. The van der Waals surface area contributed by atoms with E-state index in [1.165, 1.54) is 36.2 Å². The number of benzene rings is 2. The van der Waals surface area contributed by atoms with Crippen LogP contribution < -0.4 is 10.6 Å². The molecule has 0 aliphatic heterocycles. The summed E-state index contributed by atoms with van der Waals surface area (Å²) in [7, 11) is 1.48. The highest BCUT2D eigenvalue weighted by molar-refractivity contribution is 8.00. The molecule has 0 bridgehead atoms. The molecule has 2 aromatic carbocycles. The Labute approximate surface area is 181 Å². The van der Waals surface area contributed by atoms with E-state index in [0.717, 1.165) is 11.8 Å². The van der Waals surface area contributed by atoms with Crippen LogP contribution in [-0.4, -0.2) is 47.7 Å². The first kappa shape index (κ1) is 23.0. The van der Waals surface area contributed by atoms with E-state index >= 15 is 0 Å². The molecule has 29 heavy (non-hydrogen) atoms. The number of rotatable bonds is 8. The molecule has 0 aromatic heterocycles. The van der Waals surface area contributed by atoms with Gasteiger partial charge in [-0.2, -0.15) is 0 Å². The van der Waals surface area contributed by atoms with Gasteiger partial charge in [-0.1, -0.05) is 29.3 Å². The Morgan fingerprint density at radius 3 is 2.21 bits per heavy atom. The van der Waals surface area contributed by atoms with Gasteiger partial charge in [-0.3, -0.25) is 14.4 Å². The van der Waals surface area contributed by atoms with Crippen LogP contribution in [0.25, 0.3) is 0 Å². The molecule has 2 aromatic rings. The lowest BCUT2D eigenvalue weighted by Gasteiger charge is -2.17. The topological polar surface area (TPSA) is 78.5 Å². The number of halogens is 3. The van der Waals surface area contributed by atoms with Crippen LogP contribution in [0.5, 0.6) is 0 Å². The molecule has 2 rings (SSSR count). The summed E-state index contributed by atoms with van der Waals surface area (Å²) in [5.74, 6) is -1.42. The summed E-state index contributed by atoms with van der Waals surface area (Å²) in [6, 6.07) is 10.2. The molecule has 154 valence electrons. The van der Waals surface area contributed by atoms with E-state index < -0.39 is 11.7 Å². The minimum absolute atomic E-state index is 0.0213. The fraction of sp³-hybridized carbons (Fsp3) is 0.211. The van der Waals surface area contributed by atoms with Crippen molar-refractivity contribution in [2.24, 2.45) is 0 Å². The summed E-state index contributed by atoms with van der Waals surface area (Å²) < 4.78 is 12.8. The van der Waals surface area contributed by atoms with E-state index in [4.69, 9.17) is 23.2 Å². The van der Waals surface area contributed by atoms with Crippen LogP contribution in [0.4, 0.5) is 15.8 Å². The predicted octanol–water partition coefficient (Wildman–Crippen LogP) is 3.90. The molecular formula is C19H18Cl2FN3O3S. The molecule has 0 unspecified atom stereocenters. The van der Waals surface area contributed by atoms with E-state index in [-0.39, 0.29) is 35.6 Å². The monoisotopic (exact) mass is 457 g/mol. The number of thioether (sulfide) groups is 1. The molecule has 3 amide bonds. The number of carbonyl (C=O) groups is 3. The van der Waals surface area contributed by atoms with Crippen LogP contribution in [0.1, 0.15) is 0 Å². The average molecular weight is 458 g/mol. The molecule has 10 heteroatoms. The zero-order chi connectivity index (χ0) is 21.4. The standard InChI is InChI=1S/C19H18Cl2FN3O3S/c1-25(9-16(26)24-19-14(20)3-2-4-15(19)21)18(28)11-29-10-17(27)23-13-7-5-12(22)6-8-13/h2-8H,9-11H2,1H3,(H,23,27)(H,24,26). The van der Waals surface area contributed by atoms with Gasteiger partial charge in [0.25, 0.3) is 0 Å². The van der Waals surface area contributed by atoms with Gasteiger partial charge in [0, 0.05) is 12.7 Å². The fourth-order valence-electron chi connectivity index (χ4n) is 2.17. The first-order chi connectivity index (χ1) is 13.8. The Morgan fingerprint density at radius 2 is 1.59 bits per heavy atom. The van der Waals surface area contributed by atoms with Crippen molar-refractivity contribution in [3.63, 3.8) is 0 Å². The largest absolute Gasteiger partial charge is 0.336 e. The Kier molecular flexibility index (Phi) is 8.75. The fourth-order valence-corrected chi connectivity index (χ4v) is 3.42. The number of para-hydroxylation sites is 1. The molecule has 2 N–H and O–H groups in total. The van der Waals surface area contributed by atoms with Crippen molar-refractivity contribution in [2.75, 3.05) is 35.7 Å². The molecule has 0 radical (unpaired) electrons. The normalized spacial score (nSPS) is 10.3. The molecule has 6 nitrogen and oxygen atoms in total. The lowest BCUT2D eigenvalue weighted by molar-refractivity contribution is -0.131. The van der Waals surface area contributed by atoms with Crippen LogP contribution in [0.2, 0.25) is 10.0 Å². The zero-order valence-corrected chi connectivity index (χ0v) is 17.7. The zero-order valence-electron chi connectivity index (χ0n) is 15.4. The molecule has 0 fully saturated rings. The molecule has 0 saturated heterocycles. The first-order valence-corrected chi connectivity index (χ1v) is 10.3. The summed E-state index contributed by atoms with van der Waals surface area (Å²) in [5, 5.41) is 5.77. The minimum Gasteiger partial charge on any atom is -0.336 e. The van der Waals surface area contributed by atoms with Crippen molar-refractivity contribution in [1.29, 1.82) is 0 Å². The Hall–Kier alpha value is -2.29. The van der Waals surface area contributed by atoms with Crippen molar-refractivity contribution in [3.8, 4) is 0 Å². The van der Waals surface area contributed by atoms with Crippen molar-refractivity contribution in [1.82, 2.24) is 4.90 Å². The molecule has 0 aliphatic carbocycles. The van der Waals surface area contributed by atoms with E-state index in [2.05, 4.69) is 10.6 Å². The van der Waals surface area contributed by atoms with Gasteiger partial charge in [-0.25, -0.2) is 4.39 Å². The van der Waals surface area contributed by atoms with Gasteiger partial charge in [-0.15, -0.1) is 11.8 Å². The third-order valence-electron chi connectivity index (χ3n) is 3.62. The number of likely N-dealkylation sites (N-methyl/N-ethyl adjacent to an activating group) is 1. The van der Waals surface area contributed by atoms with Gasteiger partial charge in [0.1, 0.15) is 5.82 Å². The quantitative estimate of drug-likeness (QED) is 0.629. The number of nitrogens with one attached hydrogen (secondary N) is 2. The van der Waals surface area contributed by atoms with Crippen LogP contribution in [0.15, 0.2) is 42.5 Å². The van der Waals surface area contributed by atoms with Gasteiger partial charge in [0.05, 0.1) is 33.8 Å². The summed E-state index contributed by atoms with van der Waals surface area (Å²) in [6.45, 7) is -0.192. The molecule has 0 spiro atoms. The highest BCUT2D eigenvalue weighted by Gasteiger charge is 2.16. The Morgan fingerprint density at radius 1 is 0.966 bits per heavy atom. The number of hydrogen-bond acceptors (Lipinski definition) is 4. The molecule has 0 atom stereocenters. The Bertz CT molecular complexity index is 877. The molecular weight excluding hydrogens is 440 g/mol. The lowest BCUT2D eigenvalue weighted by Crippen LogP contribution is -2.36. The first-order valence-electron chi connectivity index (χ1n) is 8.37. The third kappa shape index (κ3) is 7.56. The van der Waals surface area contributed by atoms with E-state index in [1.807, 2.05) is 0 Å². The third-order valence-corrected chi connectivity index (χ3v) is 5.17. The second kappa shape index (κ2) is 11.0. The van der Waals surface area contributed by atoms with Crippen LogP contribution in [0, 0.1) is 5.82 Å². The number of carbonyl (C=O) groups excluding carboxylic acids is 3. The minimum atomic E-state index is -0.449. The van der Waals surface area contributed by atoms with Crippen molar-refractivity contribution in [3.05, 3.63) is 58.3 Å². The van der Waals surface area contributed by atoms with Gasteiger partial charge in [-0.05, 0) is 36.4 Å². The molecule has 0 heterocycles. The van der Waals surface area contributed by atoms with Crippen LogP contribution >= 0.6 is 35.0 Å². The maximum Gasteiger partial charge on any atom is 0.244 e. The van der Waals surface area contributed by atoms with Crippen LogP contribution in [0.3, 0.4) is 0 Å². The number of anilines is 2. The number of amides is 3. The average Bonchev–Trinajstić information content (AvgIpc) is 2.66. The van der Waals surface area contributed by atoms with Crippen molar-refractivity contribution < 1.29 is 18.8 Å². The van der Waals surface area contributed by atoms with E-state index in [1.54, 1.807) is 18.2 Å². The highest BCUT2D eigenvalue weighted by atomic mass is 35.5. The van der Waals surface area contributed by atoms with Gasteiger partial charge >= 0.3 is 0 Å². The number of nitrogens with zero attached hydrogens (tertiary/aromatic N) is 1. The predicted molar refractivity (Wildman–Crippen MR) is 115 cm³/mol. The molecule has 0 saturated carbocycles. The van der Waals surface area contributed by atoms with E-state index in [0.29, 0.717) is 15.7 Å².